The molecule has 1 unspecified atom stereocenters. The van der Waals surface area contributed by atoms with Crippen LogP contribution in [0.3, 0.4) is 0 Å². The van der Waals surface area contributed by atoms with Gasteiger partial charge in [-0.3, -0.25) is 9.89 Å². The Morgan fingerprint density at radius 1 is 1.69 bits per heavy atom. The molecule has 1 rings (SSSR count). The van der Waals surface area contributed by atoms with Crippen LogP contribution in [0.2, 0.25) is 0 Å². The highest BCUT2D eigenvalue weighted by atomic mass is 16.3. The predicted octanol–water partition coefficient (Wildman–Crippen LogP) is 0.720. The van der Waals surface area contributed by atoms with E-state index in [0.29, 0.717) is 18.7 Å². The van der Waals surface area contributed by atoms with Crippen molar-refractivity contribution in [3.05, 3.63) is 17.5 Å². The largest absolute Gasteiger partial charge is 0.396 e. The van der Waals surface area contributed by atoms with Gasteiger partial charge in [-0.25, -0.2) is 0 Å². The number of hydrogen-bond acceptors (Lipinski definition) is 3. The second-order valence-electron chi connectivity index (χ2n) is 3.96. The van der Waals surface area contributed by atoms with Crippen molar-refractivity contribution < 1.29 is 9.90 Å². The van der Waals surface area contributed by atoms with Crippen molar-refractivity contribution in [3.8, 4) is 0 Å². The summed E-state index contributed by atoms with van der Waals surface area (Å²) in [4.78, 5) is 11.6. The van der Waals surface area contributed by atoms with E-state index in [4.69, 9.17) is 5.11 Å². The maximum atomic E-state index is 11.6. The minimum atomic E-state index is -0.166. The first-order valence-electron chi connectivity index (χ1n) is 5.60. The standard InChI is InChI=1S/C11H19N3O2/c1-3-9-6-10(14-13-9)11(16)12-7-8(2)4-5-15/h6,8,15H,3-5,7H2,1-2H3,(H,12,16)(H,13,14). The highest BCUT2D eigenvalue weighted by Crippen LogP contribution is 2.02. The van der Waals surface area contributed by atoms with Crippen molar-refractivity contribution in [1.29, 1.82) is 0 Å². The van der Waals surface area contributed by atoms with Crippen LogP contribution in [0, 0.1) is 5.92 Å². The number of carbonyl (C=O) groups excluding carboxylic acids is 1. The van der Waals surface area contributed by atoms with Gasteiger partial charge in [0.2, 0.25) is 0 Å². The first-order valence-corrected chi connectivity index (χ1v) is 5.60. The van der Waals surface area contributed by atoms with Crippen LogP contribution >= 0.6 is 0 Å². The van der Waals surface area contributed by atoms with Gasteiger partial charge in [-0.15, -0.1) is 0 Å². The summed E-state index contributed by atoms with van der Waals surface area (Å²) in [6.07, 6.45) is 1.53. The highest BCUT2D eigenvalue weighted by molar-refractivity contribution is 5.92. The number of amides is 1. The van der Waals surface area contributed by atoms with E-state index >= 15 is 0 Å². The Morgan fingerprint density at radius 3 is 3.00 bits per heavy atom. The van der Waals surface area contributed by atoms with Crippen LogP contribution in [-0.4, -0.2) is 34.4 Å². The number of rotatable bonds is 6. The first kappa shape index (κ1) is 12.7. The minimum absolute atomic E-state index is 0.152. The number of aliphatic hydroxyl groups excluding tert-OH is 1. The zero-order valence-electron chi connectivity index (χ0n) is 9.79. The summed E-state index contributed by atoms with van der Waals surface area (Å²) < 4.78 is 0. The molecule has 0 bridgehead atoms. The minimum Gasteiger partial charge on any atom is -0.396 e. The van der Waals surface area contributed by atoms with Gasteiger partial charge >= 0.3 is 0 Å². The van der Waals surface area contributed by atoms with E-state index in [1.54, 1.807) is 6.07 Å². The van der Waals surface area contributed by atoms with Gasteiger partial charge in [-0.1, -0.05) is 13.8 Å². The SMILES string of the molecule is CCc1cc(C(=O)NCC(C)CCO)n[nH]1. The molecule has 90 valence electrons. The van der Waals surface area contributed by atoms with E-state index in [2.05, 4.69) is 15.5 Å². The highest BCUT2D eigenvalue weighted by Gasteiger charge is 2.10. The summed E-state index contributed by atoms with van der Waals surface area (Å²) in [5.74, 6) is 0.110. The van der Waals surface area contributed by atoms with Crippen molar-refractivity contribution in [2.24, 2.45) is 5.92 Å². The molecule has 0 aliphatic carbocycles. The van der Waals surface area contributed by atoms with Crippen LogP contribution in [-0.2, 0) is 6.42 Å². The Kier molecular flexibility index (Phi) is 4.98. The maximum absolute atomic E-state index is 11.6. The van der Waals surface area contributed by atoms with Gasteiger partial charge in [0.15, 0.2) is 0 Å². The van der Waals surface area contributed by atoms with Gasteiger partial charge in [0.1, 0.15) is 5.69 Å². The fourth-order valence-electron chi connectivity index (χ4n) is 1.34. The lowest BCUT2D eigenvalue weighted by atomic mass is 10.1. The number of aryl methyl sites for hydroxylation is 1. The lowest BCUT2D eigenvalue weighted by Gasteiger charge is -2.09. The molecule has 0 aromatic carbocycles. The van der Waals surface area contributed by atoms with Gasteiger partial charge in [0.25, 0.3) is 5.91 Å². The normalized spacial score (nSPS) is 12.4. The third-order valence-corrected chi connectivity index (χ3v) is 2.48. The number of nitrogens with one attached hydrogen (secondary N) is 2. The van der Waals surface area contributed by atoms with Gasteiger partial charge in [0, 0.05) is 18.8 Å². The quantitative estimate of drug-likeness (QED) is 0.667. The topological polar surface area (TPSA) is 78.0 Å². The molecule has 1 aromatic rings. The monoisotopic (exact) mass is 225 g/mol. The average Bonchev–Trinajstić information content (AvgIpc) is 2.75. The summed E-state index contributed by atoms with van der Waals surface area (Å²) in [6, 6.07) is 1.76. The Morgan fingerprint density at radius 2 is 2.44 bits per heavy atom. The van der Waals surface area contributed by atoms with E-state index in [-0.39, 0.29) is 18.4 Å². The van der Waals surface area contributed by atoms with E-state index in [9.17, 15) is 4.79 Å². The molecule has 5 nitrogen and oxygen atoms in total. The van der Waals surface area contributed by atoms with E-state index < -0.39 is 0 Å². The second kappa shape index (κ2) is 6.27. The molecule has 0 radical (unpaired) electrons. The van der Waals surface area contributed by atoms with Crippen molar-refractivity contribution in [2.75, 3.05) is 13.2 Å². The number of aromatic nitrogens is 2. The Balaban J connectivity index is 2.40. The Hall–Kier alpha value is -1.36. The van der Waals surface area contributed by atoms with Crippen LogP contribution < -0.4 is 5.32 Å². The number of hydrogen-bond donors (Lipinski definition) is 3. The predicted molar refractivity (Wildman–Crippen MR) is 61.2 cm³/mol. The fraction of sp³-hybridized carbons (Fsp3) is 0.636. The summed E-state index contributed by atoms with van der Waals surface area (Å²) >= 11 is 0. The number of aromatic amines is 1. The maximum Gasteiger partial charge on any atom is 0.271 e. The van der Waals surface area contributed by atoms with Crippen LogP contribution in [0.1, 0.15) is 36.5 Å². The summed E-state index contributed by atoms with van der Waals surface area (Å²) in [5.41, 5.74) is 1.38. The van der Waals surface area contributed by atoms with Gasteiger partial charge < -0.3 is 10.4 Å². The van der Waals surface area contributed by atoms with Crippen molar-refractivity contribution >= 4 is 5.91 Å². The summed E-state index contributed by atoms with van der Waals surface area (Å²) in [6.45, 7) is 4.70. The molecule has 0 saturated carbocycles. The molecule has 16 heavy (non-hydrogen) atoms. The third kappa shape index (κ3) is 3.66. The van der Waals surface area contributed by atoms with Crippen molar-refractivity contribution in [1.82, 2.24) is 15.5 Å². The summed E-state index contributed by atoms with van der Waals surface area (Å²) in [5, 5.41) is 18.2. The number of nitrogens with zero attached hydrogens (tertiary/aromatic N) is 1. The van der Waals surface area contributed by atoms with Gasteiger partial charge in [0.05, 0.1) is 0 Å². The molecule has 5 heteroatoms. The molecule has 3 N–H and O–H groups in total. The van der Waals surface area contributed by atoms with Gasteiger partial charge in [-0.05, 0) is 24.8 Å². The molecule has 1 aromatic heterocycles. The fourth-order valence-corrected chi connectivity index (χ4v) is 1.34. The zero-order valence-corrected chi connectivity index (χ0v) is 9.79. The van der Waals surface area contributed by atoms with E-state index in [0.717, 1.165) is 12.1 Å². The molecule has 1 amide bonds. The molecular formula is C11H19N3O2. The number of aliphatic hydroxyl groups is 1. The van der Waals surface area contributed by atoms with E-state index in [1.165, 1.54) is 0 Å². The third-order valence-electron chi connectivity index (χ3n) is 2.48. The van der Waals surface area contributed by atoms with Crippen LogP contribution in [0.5, 0.6) is 0 Å². The van der Waals surface area contributed by atoms with Crippen LogP contribution in [0.15, 0.2) is 6.07 Å². The Labute approximate surface area is 95.3 Å². The average molecular weight is 225 g/mol. The van der Waals surface area contributed by atoms with Gasteiger partial charge in [-0.2, -0.15) is 5.10 Å². The molecule has 1 atom stereocenters. The molecule has 0 spiro atoms. The molecule has 0 aliphatic heterocycles. The second-order valence-corrected chi connectivity index (χ2v) is 3.96. The van der Waals surface area contributed by atoms with Crippen LogP contribution in [0.4, 0.5) is 0 Å². The zero-order chi connectivity index (χ0) is 12.0. The lowest BCUT2D eigenvalue weighted by Crippen LogP contribution is -2.28. The van der Waals surface area contributed by atoms with Crippen LogP contribution in [0.25, 0.3) is 0 Å². The Bertz CT molecular complexity index is 336. The van der Waals surface area contributed by atoms with E-state index in [1.807, 2.05) is 13.8 Å². The number of H-pyrrole nitrogens is 1. The molecule has 0 aliphatic rings. The van der Waals surface area contributed by atoms with Crippen molar-refractivity contribution in [3.63, 3.8) is 0 Å². The number of carbonyl (C=O) groups is 1. The van der Waals surface area contributed by atoms with Crippen molar-refractivity contribution in [2.45, 2.75) is 26.7 Å². The lowest BCUT2D eigenvalue weighted by molar-refractivity contribution is 0.0940. The smallest absolute Gasteiger partial charge is 0.271 e. The molecular weight excluding hydrogens is 206 g/mol. The summed E-state index contributed by atoms with van der Waals surface area (Å²) in [7, 11) is 0. The molecule has 1 heterocycles. The molecule has 0 fully saturated rings. The first-order chi connectivity index (χ1) is 7.67. The molecule has 0 saturated heterocycles.